The van der Waals surface area contributed by atoms with Crippen molar-refractivity contribution in [3.05, 3.63) is 0 Å². The number of nitrogens with zero attached hydrogens (tertiary/aromatic N) is 1. The lowest BCUT2D eigenvalue weighted by molar-refractivity contribution is -0.132. The maximum atomic E-state index is 11.7. The average molecular weight is 177 g/mol. The number of carbonyl (C=O) groups is 1. The summed E-state index contributed by atoms with van der Waals surface area (Å²) >= 11 is 0. The van der Waals surface area contributed by atoms with Gasteiger partial charge in [0.05, 0.1) is 0 Å². The Kier molecular flexibility index (Phi) is 2.26. The van der Waals surface area contributed by atoms with E-state index in [9.17, 15) is 4.79 Å². The second kappa shape index (κ2) is 3.41. The van der Waals surface area contributed by atoms with Crippen LogP contribution in [-0.2, 0) is 4.79 Å². The molecule has 1 amide bonds. The van der Waals surface area contributed by atoms with Gasteiger partial charge in [-0.05, 0) is 25.7 Å². The Hall–Kier alpha value is -0.970. The van der Waals surface area contributed by atoms with Crippen LogP contribution < -0.4 is 0 Å². The molecule has 0 N–H and O–H groups in total. The SMILES string of the molecule is C#CCCC(=O)N1C2CCC1CC2. The summed E-state index contributed by atoms with van der Waals surface area (Å²) in [5.74, 6) is 2.81. The lowest BCUT2D eigenvalue weighted by Gasteiger charge is -2.21. The number of hydrogen-bond acceptors (Lipinski definition) is 1. The number of fused-ring (bicyclic) bond motifs is 2. The quantitative estimate of drug-likeness (QED) is 0.586. The molecule has 0 saturated carbocycles. The molecule has 2 aliphatic rings. The number of terminal acetylenes is 1. The Morgan fingerprint density at radius 2 is 1.85 bits per heavy atom. The van der Waals surface area contributed by atoms with Crippen molar-refractivity contribution in [2.24, 2.45) is 0 Å². The fraction of sp³-hybridized carbons (Fsp3) is 0.727. The molecule has 2 heterocycles. The highest BCUT2D eigenvalue weighted by Gasteiger charge is 2.41. The molecule has 2 rings (SSSR count). The molecule has 2 heteroatoms. The highest BCUT2D eigenvalue weighted by molar-refractivity contribution is 5.77. The summed E-state index contributed by atoms with van der Waals surface area (Å²) in [5.41, 5.74) is 0. The first-order valence-electron chi connectivity index (χ1n) is 5.07. The van der Waals surface area contributed by atoms with Crippen LogP contribution in [0.4, 0.5) is 0 Å². The summed E-state index contributed by atoms with van der Waals surface area (Å²) in [5, 5.41) is 0. The molecule has 0 aliphatic carbocycles. The predicted octanol–water partition coefficient (Wildman–Crippen LogP) is 1.55. The van der Waals surface area contributed by atoms with Gasteiger partial charge in [0.2, 0.25) is 5.91 Å². The topological polar surface area (TPSA) is 20.3 Å². The van der Waals surface area contributed by atoms with Crippen molar-refractivity contribution in [1.29, 1.82) is 0 Å². The molecule has 0 unspecified atom stereocenters. The minimum atomic E-state index is 0.281. The molecule has 0 aromatic rings. The second-order valence-corrected chi connectivity index (χ2v) is 3.97. The summed E-state index contributed by atoms with van der Waals surface area (Å²) in [6.45, 7) is 0. The van der Waals surface area contributed by atoms with E-state index in [2.05, 4.69) is 10.8 Å². The molecule has 0 atom stereocenters. The molecule has 2 nitrogen and oxygen atoms in total. The smallest absolute Gasteiger partial charge is 0.224 e. The molecule has 0 aromatic carbocycles. The third-order valence-electron chi connectivity index (χ3n) is 3.22. The van der Waals surface area contributed by atoms with Crippen molar-refractivity contribution in [3.63, 3.8) is 0 Å². The van der Waals surface area contributed by atoms with E-state index in [-0.39, 0.29) is 5.91 Å². The Labute approximate surface area is 79.3 Å². The minimum absolute atomic E-state index is 0.281. The zero-order valence-electron chi connectivity index (χ0n) is 7.83. The summed E-state index contributed by atoms with van der Waals surface area (Å²) in [4.78, 5) is 13.8. The van der Waals surface area contributed by atoms with Crippen LogP contribution in [0.15, 0.2) is 0 Å². The Morgan fingerprint density at radius 1 is 1.31 bits per heavy atom. The lowest BCUT2D eigenvalue weighted by Crippen LogP contribution is -2.34. The first-order valence-corrected chi connectivity index (χ1v) is 5.07. The lowest BCUT2D eigenvalue weighted by atomic mass is 10.0. The van der Waals surface area contributed by atoms with Crippen molar-refractivity contribution < 1.29 is 4.79 Å². The van der Waals surface area contributed by atoms with Gasteiger partial charge in [0.25, 0.3) is 0 Å². The highest BCUT2D eigenvalue weighted by Crippen LogP contribution is 2.37. The van der Waals surface area contributed by atoms with Crippen LogP contribution in [0.3, 0.4) is 0 Å². The number of hydrogen-bond donors (Lipinski definition) is 0. The van der Waals surface area contributed by atoms with Gasteiger partial charge in [-0.15, -0.1) is 12.3 Å². The van der Waals surface area contributed by atoms with Crippen LogP contribution in [0.2, 0.25) is 0 Å². The molecule has 2 bridgehead atoms. The zero-order valence-corrected chi connectivity index (χ0v) is 7.83. The van der Waals surface area contributed by atoms with Gasteiger partial charge in [-0.3, -0.25) is 4.79 Å². The maximum absolute atomic E-state index is 11.7. The third kappa shape index (κ3) is 1.44. The van der Waals surface area contributed by atoms with Crippen LogP contribution in [0.5, 0.6) is 0 Å². The van der Waals surface area contributed by atoms with E-state index in [0.717, 1.165) is 0 Å². The van der Waals surface area contributed by atoms with Gasteiger partial charge in [0, 0.05) is 24.9 Å². The molecule has 2 aliphatic heterocycles. The predicted molar refractivity (Wildman–Crippen MR) is 51.0 cm³/mol. The number of amides is 1. The average Bonchev–Trinajstić information content (AvgIpc) is 2.73. The van der Waals surface area contributed by atoms with Crippen molar-refractivity contribution in [2.45, 2.75) is 50.6 Å². The first-order chi connectivity index (χ1) is 6.33. The van der Waals surface area contributed by atoms with Gasteiger partial charge in [-0.2, -0.15) is 0 Å². The van der Waals surface area contributed by atoms with E-state index >= 15 is 0 Å². The molecule has 13 heavy (non-hydrogen) atoms. The Bertz CT molecular complexity index is 233. The fourth-order valence-corrected chi connectivity index (χ4v) is 2.63. The van der Waals surface area contributed by atoms with E-state index in [1.807, 2.05) is 0 Å². The summed E-state index contributed by atoms with van der Waals surface area (Å²) in [6, 6.07) is 1.10. The van der Waals surface area contributed by atoms with Crippen LogP contribution in [-0.4, -0.2) is 22.9 Å². The van der Waals surface area contributed by atoms with Crippen LogP contribution in [0, 0.1) is 12.3 Å². The van der Waals surface area contributed by atoms with Crippen LogP contribution in [0.25, 0.3) is 0 Å². The van der Waals surface area contributed by atoms with E-state index in [0.29, 0.717) is 24.9 Å². The normalized spacial score (nSPS) is 30.5. The molecular formula is C11H15NO. The van der Waals surface area contributed by atoms with E-state index in [1.54, 1.807) is 0 Å². The van der Waals surface area contributed by atoms with E-state index < -0.39 is 0 Å². The van der Waals surface area contributed by atoms with Gasteiger partial charge in [0.15, 0.2) is 0 Å². The van der Waals surface area contributed by atoms with Crippen LogP contribution >= 0.6 is 0 Å². The molecule has 70 valence electrons. The van der Waals surface area contributed by atoms with Gasteiger partial charge >= 0.3 is 0 Å². The monoisotopic (exact) mass is 177 g/mol. The summed E-state index contributed by atoms with van der Waals surface area (Å²) in [6.07, 6.45) is 11.1. The fourth-order valence-electron chi connectivity index (χ4n) is 2.63. The Balaban J connectivity index is 1.94. The molecular weight excluding hydrogens is 162 g/mol. The standard InChI is InChI=1S/C11H15NO/c1-2-3-4-11(13)12-9-5-6-10(12)8-7-9/h1,9-10H,3-8H2. The van der Waals surface area contributed by atoms with Gasteiger partial charge in [-0.1, -0.05) is 0 Å². The highest BCUT2D eigenvalue weighted by atomic mass is 16.2. The second-order valence-electron chi connectivity index (χ2n) is 3.97. The Morgan fingerprint density at radius 3 is 2.31 bits per heavy atom. The summed E-state index contributed by atoms with van der Waals surface area (Å²) in [7, 11) is 0. The molecule has 0 radical (unpaired) electrons. The van der Waals surface area contributed by atoms with Crippen molar-refractivity contribution in [1.82, 2.24) is 4.90 Å². The van der Waals surface area contributed by atoms with Crippen LogP contribution in [0.1, 0.15) is 38.5 Å². The first kappa shape index (κ1) is 8.62. The van der Waals surface area contributed by atoms with E-state index in [1.165, 1.54) is 25.7 Å². The molecule has 2 saturated heterocycles. The van der Waals surface area contributed by atoms with Gasteiger partial charge in [-0.25, -0.2) is 0 Å². The van der Waals surface area contributed by atoms with Crippen molar-refractivity contribution in [2.75, 3.05) is 0 Å². The van der Waals surface area contributed by atoms with Crippen molar-refractivity contribution in [3.8, 4) is 12.3 Å². The maximum Gasteiger partial charge on any atom is 0.224 e. The number of carbonyl (C=O) groups excluding carboxylic acids is 1. The third-order valence-corrected chi connectivity index (χ3v) is 3.22. The van der Waals surface area contributed by atoms with Gasteiger partial charge < -0.3 is 4.90 Å². The molecule has 0 spiro atoms. The molecule has 0 aromatic heterocycles. The number of rotatable bonds is 2. The van der Waals surface area contributed by atoms with Gasteiger partial charge in [0.1, 0.15) is 0 Å². The van der Waals surface area contributed by atoms with Crippen molar-refractivity contribution >= 4 is 5.91 Å². The molecule has 2 fully saturated rings. The minimum Gasteiger partial charge on any atom is -0.337 e. The largest absolute Gasteiger partial charge is 0.337 e. The zero-order chi connectivity index (χ0) is 9.26. The summed E-state index contributed by atoms with van der Waals surface area (Å²) < 4.78 is 0. The van der Waals surface area contributed by atoms with E-state index in [4.69, 9.17) is 6.42 Å².